The van der Waals surface area contributed by atoms with Crippen molar-refractivity contribution < 1.29 is 14.6 Å². The molecule has 1 atom stereocenters. The fraction of sp³-hybridized carbons (Fsp3) is 0.500. The molecule has 1 aliphatic rings. The summed E-state index contributed by atoms with van der Waals surface area (Å²) in [7, 11) is 1.62. The highest BCUT2D eigenvalue weighted by atomic mass is 16.5. The predicted octanol–water partition coefficient (Wildman–Crippen LogP) is 1.68. The van der Waals surface area contributed by atoms with Crippen LogP contribution in [0.1, 0.15) is 35.4 Å². The summed E-state index contributed by atoms with van der Waals surface area (Å²) in [6.45, 7) is 5.82. The van der Waals surface area contributed by atoms with Crippen LogP contribution in [0.25, 0.3) is 0 Å². The van der Waals surface area contributed by atoms with Gasteiger partial charge in [-0.05, 0) is 44.4 Å². The van der Waals surface area contributed by atoms with Gasteiger partial charge >= 0.3 is 0 Å². The second-order valence-corrected chi connectivity index (χ2v) is 7.23. The lowest BCUT2D eigenvalue weighted by Gasteiger charge is -2.38. The molecule has 146 valence electrons. The number of hydrogen-bond donors (Lipinski definition) is 3. The number of aromatic amines is 1. The van der Waals surface area contributed by atoms with Gasteiger partial charge in [-0.2, -0.15) is 5.10 Å². The highest BCUT2D eigenvalue weighted by Crippen LogP contribution is 2.25. The van der Waals surface area contributed by atoms with Crippen LogP contribution in [0.15, 0.2) is 24.3 Å². The van der Waals surface area contributed by atoms with Crippen LogP contribution in [-0.4, -0.2) is 51.9 Å². The zero-order valence-electron chi connectivity index (χ0n) is 16.2. The minimum absolute atomic E-state index is 0.218. The van der Waals surface area contributed by atoms with E-state index >= 15 is 0 Å². The molecule has 0 spiro atoms. The maximum absolute atomic E-state index is 12.9. The number of benzene rings is 1. The zero-order chi connectivity index (χ0) is 19.4. The number of piperidine rings is 1. The van der Waals surface area contributed by atoms with E-state index in [-0.39, 0.29) is 12.5 Å². The number of aryl methyl sites for hydroxylation is 2. The van der Waals surface area contributed by atoms with E-state index in [2.05, 4.69) is 15.5 Å². The maximum atomic E-state index is 12.9. The van der Waals surface area contributed by atoms with Gasteiger partial charge in [-0.1, -0.05) is 12.1 Å². The van der Waals surface area contributed by atoms with Gasteiger partial charge in [-0.15, -0.1) is 0 Å². The number of hydrogen-bond acceptors (Lipinski definition) is 5. The number of amides is 1. The lowest BCUT2D eigenvalue weighted by atomic mass is 9.91. The molecule has 0 aliphatic carbocycles. The van der Waals surface area contributed by atoms with Crippen molar-refractivity contribution in [3.8, 4) is 5.75 Å². The van der Waals surface area contributed by atoms with Gasteiger partial charge in [0.2, 0.25) is 0 Å². The molecule has 2 heterocycles. The normalized spacial score (nSPS) is 20.1. The predicted molar refractivity (Wildman–Crippen MR) is 102 cm³/mol. The number of methoxy groups -OCH3 is 1. The van der Waals surface area contributed by atoms with Gasteiger partial charge in [0.15, 0.2) is 5.60 Å². The third-order valence-electron chi connectivity index (χ3n) is 5.21. The van der Waals surface area contributed by atoms with Crippen LogP contribution in [0.3, 0.4) is 0 Å². The first-order chi connectivity index (χ1) is 12.9. The van der Waals surface area contributed by atoms with Crippen molar-refractivity contribution in [1.29, 1.82) is 0 Å². The van der Waals surface area contributed by atoms with E-state index in [0.29, 0.717) is 26.1 Å². The van der Waals surface area contributed by atoms with Crippen LogP contribution >= 0.6 is 0 Å². The number of likely N-dealkylation sites (tertiary alicyclic amines) is 1. The second-order valence-electron chi connectivity index (χ2n) is 7.23. The van der Waals surface area contributed by atoms with E-state index in [9.17, 15) is 9.90 Å². The molecular formula is C20H28N4O3. The molecule has 0 saturated carbocycles. The highest BCUT2D eigenvalue weighted by Gasteiger charge is 2.41. The minimum Gasteiger partial charge on any atom is -0.497 e. The number of H-pyrrole nitrogens is 1. The Hall–Kier alpha value is -2.38. The summed E-state index contributed by atoms with van der Waals surface area (Å²) in [6.07, 6.45) is 1.24. The molecule has 1 unspecified atom stereocenters. The summed E-state index contributed by atoms with van der Waals surface area (Å²) in [4.78, 5) is 14.6. The summed E-state index contributed by atoms with van der Waals surface area (Å²) in [5, 5.41) is 21.3. The third kappa shape index (κ3) is 4.31. The van der Waals surface area contributed by atoms with Gasteiger partial charge < -0.3 is 20.1 Å². The average molecular weight is 372 g/mol. The van der Waals surface area contributed by atoms with Crippen LogP contribution < -0.4 is 10.1 Å². The first-order valence-corrected chi connectivity index (χ1v) is 9.29. The standard InChI is InChI=1S/C20H28N4O3/c1-14-18(15(2)23-22-14)11-21-13-20(26)8-5-9-24(19(20)25)12-16-6-4-7-17(10-16)27-3/h4,6-7,10,21,26H,5,8-9,11-13H2,1-3H3,(H,22,23). The molecule has 1 aromatic heterocycles. The Balaban J connectivity index is 1.62. The van der Waals surface area contributed by atoms with E-state index in [1.54, 1.807) is 12.0 Å². The molecule has 2 aromatic rings. The molecule has 0 bridgehead atoms. The van der Waals surface area contributed by atoms with Crippen LogP contribution in [-0.2, 0) is 17.9 Å². The average Bonchev–Trinajstić information content (AvgIpc) is 2.98. The van der Waals surface area contributed by atoms with Gasteiger partial charge in [-0.3, -0.25) is 9.89 Å². The Morgan fingerprint density at radius 3 is 2.93 bits per heavy atom. The smallest absolute Gasteiger partial charge is 0.256 e. The van der Waals surface area contributed by atoms with E-state index in [1.165, 1.54) is 0 Å². The molecule has 1 saturated heterocycles. The summed E-state index contributed by atoms with van der Waals surface area (Å²) in [5.74, 6) is 0.546. The first-order valence-electron chi connectivity index (χ1n) is 9.29. The van der Waals surface area contributed by atoms with E-state index in [4.69, 9.17) is 4.74 Å². The molecule has 0 radical (unpaired) electrons. The fourth-order valence-electron chi connectivity index (χ4n) is 3.60. The monoisotopic (exact) mass is 372 g/mol. The van der Waals surface area contributed by atoms with Crippen LogP contribution in [0, 0.1) is 13.8 Å². The number of nitrogens with zero attached hydrogens (tertiary/aromatic N) is 2. The number of nitrogens with one attached hydrogen (secondary N) is 2. The van der Waals surface area contributed by atoms with Crippen LogP contribution in [0.2, 0.25) is 0 Å². The first kappa shape index (κ1) is 19.4. The molecule has 1 fully saturated rings. The van der Waals surface area contributed by atoms with E-state index < -0.39 is 5.60 Å². The molecular weight excluding hydrogens is 344 g/mol. The van der Waals surface area contributed by atoms with Crippen LogP contribution in [0.5, 0.6) is 5.75 Å². The number of aliphatic hydroxyl groups is 1. The molecule has 3 N–H and O–H groups in total. The van der Waals surface area contributed by atoms with Crippen molar-refractivity contribution in [2.75, 3.05) is 20.2 Å². The van der Waals surface area contributed by atoms with E-state index in [1.807, 2.05) is 38.1 Å². The number of carbonyl (C=O) groups excluding carboxylic acids is 1. The summed E-state index contributed by atoms with van der Waals surface area (Å²) in [5.41, 5.74) is 2.63. The number of carbonyl (C=O) groups is 1. The van der Waals surface area contributed by atoms with Gasteiger partial charge in [0.05, 0.1) is 12.8 Å². The molecule has 27 heavy (non-hydrogen) atoms. The van der Waals surface area contributed by atoms with Gasteiger partial charge in [-0.25, -0.2) is 0 Å². The maximum Gasteiger partial charge on any atom is 0.256 e. The summed E-state index contributed by atoms with van der Waals surface area (Å²) < 4.78 is 5.25. The highest BCUT2D eigenvalue weighted by molar-refractivity contribution is 5.86. The third-order valence-corrected chi connectivity index (χ3v) is 5.21. The fourth-order valence-corrected chi connectivity index (χ4v) is 3.60. The summed E-state index contributed by atoms with van der Waals surface area (Å²) >= 11 is 0. The molecule has 7 nitrogen and oxygen atoms in total. The Bertz CT molecular complexity index is 785. The molecule has 1 aliphatic heterocycles. The Kier molecular flexibility index (Phi) is 5.82. The SMILES string of the molecule is COc1cccc(CN2CCCC(O)(CNCc3c(C)n[nH]c3C)C2=O)c1. The lowest BCUT2D eigenvalue weighted by molar-refractivity contribution is -0.157. The van der Waals surface area contributed by atoms with Crippen molar-refractivity contribution >= 4 is 5.91 Å². The van der Waals surface area contributed by atoms with Crippen molar-refractivity contribution in [2.24, 2.45) is 0 Å². The van der Waals surface area contributed by atoms with Gasteiger partial charge in [0.25, 0.3) is 5.91 Å². The molecule has 7 heteroatoms. The lowest BCUT2D eigenvalue weighted by Crippen LogP contribution is -2.57. The zero-order valence-corrected chi connectivity index (χ0v) is 16.2. The number of ether oxygens (including phenoxy) is 1. The second kappa shape index (κ2) is 8.10. The Morgan fingerprint density at radius 1 is 1.41 bits per heavy atom. The Morgan fingerprint density at radius 2 is 2.22 bits per heavy atom. The van der Waals surface area contributed by atoms with Crippen LogP contribution in [0.4, 0.5) is 0 Å². The topological polar surface area (TPSA) is 90.5 Å². The molecule has 3 rings (SSSR count). The van der Waals surface area contributed by atoms with Crippen molar-refractivity contribution in [3.05, 3.63) is 46.8 Å². The Labute approximate surface area is 159 Å². The largest absolute Gasteiger partial charge is 0.497 e. The van der Waals surface area contributed by atoms with Gasteiger partial charge in [0.1, 0.15) is 5.75 Å². The van der Waals surface area contributed by atoms with Crippen molar-refractivity contribution in [2.45, 2.75) is 45.4 Å². The molecule has 1 amide bonds. The quantitative estimate of drug-likeness (QED) is 0.688. The number of aromatic nitrogens is 2. The number of rotatable bonds is 7. The van der Waals surface area contributed by atoms with Gasteiger partial charge in [0, 0.05) is 37.4 Å². The minimum atomic E-state index is -1.37. The van der Waals surface area contributed by atoms with E-state index in [0.717, 1.165) is 34.7 Å². The summed E-state index contributed by atoms with van der Waals surface area (Å²) in [6, 6.07) is 7.67. The van der Waals surface area contributed by atoms with Crippen molar-refractivity contribution in [3.63, 3.8) is 0 Å². The molecule has 1 aromatic carbocycles. The van der Waals surface area contributed by atoms with Crippen molar-refractivity contribution in [1.82, 2.24) is 20.4 Å².